The van der Waals surface area contributed by atoms with E-state index in [1.807, 2.05) is 10.9 Å². The number of anilines is 1. The lowest BCUT2D eigenvalue weighted by molar-refractivity contribution is -0.124. The van der Waals surface area contributed by atoms with Crippen LogP contribution in [0.15, 0.2) is 12.4 Å². The second-order valence-electron chi connectivity index (χ2n) is 3.81. The monoisotopic (exact) mass is 194 g/mol. The standard InChI is InChI=1S/C9H14N4O/c1-7(8-3-12(4-8)6-14)13-5-9(10)2-11-13/h2,5-8H,3-4,10H2,1H3. The smallest absolute Gasteiger partial charge is 0.209 e. The summed E-state index contributed by atoms with van der Waals surface area (Å²) >= 11 is 0. The number of aromatic nitrogens is 2. The average Bonchev–Trinajstić information content (AvgIpc) is 2.49. The molecule has 2 rings (SSSR count). The predicted molar refractivity (Wildman–Crippen MR) is 52.5 cm³/mol. The van der Waals surface area contributed by atoms with Crippen LogP contribution in [0.4, 0.5) is 5.69 Å². The van der Waals surface area contributed by atoms with Gasteiger partial charge in [0.1, 0.15) is 0 Å². The van der Waals surface area contributed by atoms with Crippen LogP contribution in [0.2, 0.25) is 0 Å². The van der Waals surface area contributed by atoms with Crippen LogP contribution in [0.5, 0.6) is 0 Å². The fraction of sp³-hybridized carbons (Fsp3) is 0.556. The normalized spacial score (nSPS) is 19.1. The van der Waals surface area contributed by atoms with Gasteiger partial charge in [-0.3, -0.25) is 9.48 Å². The molecule has 2 N–H and O–H groups in total. The zero-order chi connectivity index (χ0) is 10.1. The quantitative estimate of drug-likeness (QED) is 0.695. The van der Waals surface area contributed by atoms with Gasteiger partial charge in [0, 0.05) is 25.2 Å². The minimum atomic E-state index is 0.309. The zero-order valence-electron chi connectivity index (χ0n) is 8.13. The number of likely N-dealkylation sites (tertiary alicyclic amines) is 1. The minimum Gasteiger partial charge on any atom is -0.396 e. The van der Waals surface area contributed by atoms with E-state index in [1.165, 1.54) is 0 Å². The van der Waals surface area contributed by atoms with Crippen LogP contribution in [0.3, 0.4) is 0 Å². The van der Waals surface area contributed by atoms with E-state index in [2.05, 4.69) is 12.0 Å². The summed E-state index contributed by atoms with van der Waals surface area (Å²) in [5, 5.41) is 4.15. The van der Waals surface area contributed by atoms with Crippen LogP contribution in [-0.2, 0) is 4.79 Å². The van der Waals surface area contributed by atoms with Crippen molar-refractivity contribution >= 4 is 12.1 Å². The largest absolute Gasteiger partial charge is 0.396 e. The zero-order valence-corrected chi connectivity index (χ0v) is 8.13. The minimum absolute atomic E-state index is 0.309. The average molecular weight is 194 g/mol. The topological polar surface area (TPSA) is 64.2 Å². The van der Waals surface area contributed by atoms with Gasteiger partial charge in [0.25, 0.3) is 0 Å². The summed E-state index contributed by atoms with van der Waals surface area (Å²) in [6.45, 7) is 3.74. The Bertz CT molecular complexity index is 329. The molecule has 1 unspecified atom stereocenters. The second kappa shape index (κ2) is 3.32. The molecular weight excluding hydrogens is 180 g/mol. The van der Waals surface area contributed by atoms with Crippen molar-refractivity contribution in [3.05, 3.63) is 12.4 Å². The number of hydrogen-bond acceptors (Lipinski definition) is 3. The molecule has 0 radical (unpaired) electrons. The van der Waals surface area contributed by atoms with Crippen molar-refractivity contribution in [3.8, 4) is 0 Å². The predicted octanol–water partition coefficient (Wildman–Crippen LogP) is 0.114. The maximum Gasteiger partial charge on any atom is 0.209 e. The van der Waals surface area contributed by atoms with E-state index in [1.54, 1.807) is 11.1 Å². The molecule has 0 bridgehead atoms. The van der Waals surface area contributed by atoms with Gasteiger partial charge in [-0.15, -0.1) is 0 Å². The molecule has 2 heterocycles. The van der Waals surface area contributed by atoms with E-state index in [0.717, 1.165) is 19.5 Å². The molecule has 1 aromatic heterocycles. The van der Waals surface area contributed by atoms with E-state index in [0.29, 0.717) is 17.6 Å². The molecule has 0 saturated carbocycles. The highest BCUT2D eigenvalue weighted by Crippen LogP contribution is 2.26. The molecule has 1 saturated heterocycles. The Labute approximate surface area is 82.5 Å². The Morgan fingerprint density at radius 2 is 2.43 bits per heavy atom. The summed E-state index contributed by atoms with van der Waals surface area (Å²) in [6.07, 6.45) is 4.36. The van der Waals surface area contributed by atoms with Crippen molar-refractivity contribution in [3.63, 3.8) is 0 Å². The van der Waals surface area contributed by atoms with Gasteiger partial charge < -0.3 is 10.6 Å². The summed E-state index contributed by atoms with van der Waals surface area (Å²) in [5.41, 5.74) is 6.26. The van der Waals surface area contributed by atoms with Crippen molar-refractivity contribution in [2.45, 2.75) is 13.0 Å². The Morgan fingerprint density at radius 3 is 2.93 bits per heavy atom. The molecule has 1 atom stereocenters. The van der Waals surface area contributed by atoms with Crippen LogP contribution >= 0.6 is 0 Å². The van der Waals surface area contributed by atoms with Gasteiger partial charge in [-0.2, -0.15) is 5.10 Å². The highest BCUT2D eigenvalue weighted by molar-refractivity contribution is 5.48. The van der Waals surface area contributed by atoms with E-state index in [9.17, 15) is 4.79 Å². The SMILES string of the molecule is CC(C1CN(C=O)C1)n1cc(N)cn1. The Morgan fingerprint density at radius 1 is 1.71 bits per heavy atom. The Hall–Kier alpha value is -1.52. The van der Waals surface area contributed by atoms with Gasteiger partial charge in [-0.05, 0) is 6.92 Å². The third-order valence-electron chi connectivity index (χ3n) is 2.81. The van der Waals surface area contributed by atoms with Crippen molar-refractivity contribution < 1.29 is 4.79 Å². The van der Waals surface area contributed by atoms with Crippen molar-refractivity contribution in [1.82, 2.24) is 14.7 Å². The highest BCUT2D eigenvalue weighted by Gasteiger charge is 2.31. The summed E-state index contributed by atoms with van der Waals surface area (Å²) < 4.78 is 1.86. The number of amides is 1. The molecule has 1 amide bonds. The van der Waals surface area contributed by atoms with Gasteiger partial charge in [0.05, 0.1) is 17.9 Å². The van der Waals surface area contributed by atoms with Gasteiger partial charge in [0.15, 0.2) is 0 Å². The summed E-state index contributed by atoms with van der Waals surface area (Å²) in [7, 11) is 0. The van der Waals surface area contributed by atoms with Crippen LogP contribution in [0, 0.1) is 5.92 Å². The first-order valence-electron chi connectivity index (χ1n) is 4.69. The van der Waals surface area contributed by atoms with Crippen molar-refractivity contribution in [2.24, 2.45) is 5.92 Å². The molecule has 76 valence electrons. The highest BCUT2D eigenvalue weighted by atomic mass is 16.1. The van der Waals surface area contributed by atoms with Gasteiger partial charge >= 0.3 is 0 Å². The van der Waals surface area contributed by atoms with Crippen LogP contribution in [-0.4, -0.2) is 34.2 Å². The fourth-order valence-corrected chi connectivity index (χ4v) is 1.73. The number of hydrogen-bond donors (Lipinski definition) is 1. The first kappa shape index (κ1) is 9.05. The van der Waals surface area contributed by atoms with E-state index >= 15 is 0 Å². The summed E-state index contributed by atoms with van der Waals surface area (Å²) in [5.74, 6) is 0.500. The second-order valence-corrected chi connectivity index (χ2v) is 3.81. The molecule has 14 heavy (non-hydrogen) atoms. The third-order valence-corrected chi connectivity index (χ3v) is 2.81. The summed E-state index contributed by atoms with van der Waals surface area (Å²) in [6, 6.07) is 0.309. The van der Waals surface area contributed by atoms with Crippen LogP contribution in [0.1, 0.15) is 13.0 Å². The Kier molecular flexibility index (Phi) is 2.15. The lowest BCUT2D eigenvalue weighted by Crippen LogP contribution is -2.48. The number of carbonyl (C=O) groups excluding carboxylic acids is 1. The molecule has 1 aliphatic rings. The van der Waals surface area contributed by atoms with E-state index in [-0.39, 0.29) is 0 Å². The maximum absolute atomic E-state index is 10.4. The van der Waals surface area contributed by atoms with Gasteiger partial charge in [-0.25, -0.2) is 0 Å². The van der Waals surface area contributed by atoms with Gasteiger partial charge in [0.2, 0.25) is 6.41 Å². The van der Waals surface area contributed by atoms with Gasteiger partial charge in [-0.1, -0.05) is 0 Å². The number of nitrogen functional groups attached to an aromatic ring is 1. The lowest BCUT2D eigenvalue weighted by Gasteiger charge is -2.39. The van der Waals surface area contributed by atoms with Crippen molar-refractivity contribution in [1.29, 1.82) is 0 Å². The molecule has 5 heteroatoms. The van der Waals surface area contributed by atoms with Crippen LogP contribution < -0.4 is 5.73 Å². The first-order valence-corrected chi connectivity index (χ1v) is 4.69. The number of nitrogens with zero attached hydrogens (tertiary/aromatic N) is 3. The Balaban J connectivity index is 1.97. The molecule has 1 fully saturated rings. The molecule has 1 aromatic rings. The molecule has 0 aromatic carbocycles. The fourth-order valence-electron chi connectivity index (χ4n) is 1.73. The lowest BCUT2D eigenvalue weighted by atomic mass is 9.93. The van der Waals surface area contributed by atoms with E-state index in [4.69, 9.17) is 5.73 Å². The molecular formula is C9H14N4O. The number of nitrogens with two attached hydrogens (primary N) is 1. The molecule has 1 aliphatic heterocycles. The van der Waals surface area contributed by atoms with Crippen molar-refractivity contribution in [2.75, 3.05) is 18.8 Å². The van der Waals surface area contributed by atoms with Crippen LogP contribution in [0.25, 0.3) is 0 Å². The summed E-state index contributed by atoms with van der Waals surface area (Å²) in [4.78, 5) is 12.1. The first-order chi connectivity index (χ1) is 6.70. The third kappa shape index (κ3) is 1.45. The molecule has 0 aliphatic carbocycles. The molecule has 0 spiro atoms. The maximum atomic E-state index is 10.4. The number of carbonyl (C=O) groups is 1. The molecule has 5 nitrogen and oxygen atoms in total. The van der Waals surface area contributed by atoms with E-state index < -0.39 is 0 Å². The number of rotatable bonds is 3.